The van der Waals surface area contributed by atoms with E-state index in [2.05, 4.69) is 0 Å². The number of aryl methyl sites for hydroxylation is 1. The van der Waals surface area contributed by atoms with Gasteiger partial charge >= 0.3 is 0 Å². The molecule has 1 saturated heterocycles. The third kappa shape index (κ3) is 3.57. The van der Waals surface area contributed by atoms with Crippen LogP contribution < -0.4 is 0 Å². The Morgan fingerprint density at radius 3 is 2.32 bits per heavy atom. The van der Waals surface area contributed by atoms with E-state index in [0.29, 0.717) is 12.8 Å². The second-order valence-corrected chi connectivity index (χ2v) is 8.16. The molecule has 2 aromatic carbocycles. The maximum atomic E-state index is 13.2. The number of rotatable bonds is 5. The Balaban J connectivity index is 2.04. The van der Waals surface area contributed by atoms with Crippen molar-refractivity contribution in [3.63, 3.8) is 0 Å². The van der Waals surface area contributed by atoms with E-state index in [0.717, 1.165) is 11.1 Å². The van der Waals surface area contributed by atoms with Gasteiger partial charge in [0.05, 0.1) is 17.0 Å². The first-order valence-electron chi connectivity index (χ1n) is 8.16. The summed E-state index contributed by atoms with van der Waals surface area (Å²) in [6.45, 7) is 1.50. The lowest BCUT2D eigenvalue weighted by molar-refractivity contribution is -0.485. The summed E-state index contributed by atoms with van der Waals surface area (Å²) in [5.74, 6) is 0. The first kappa shape index (κ1) is 17.6. The van der Waals surface area contributed by atoms with Gasteiger partial charge in [-0.05, 0) is 37.5 Å². The van der Waals surface area contributed by atoms with Crippen LogP contribution in [0, 0.1) is 17.0 Å². The van der Waals surface area contributed by atoms with Crippen molar-refractivity contribution in [1.29, 1.82) is 0 Å². The lowest BCUT2D eigenvalue weighted by Gasteiger charge is -2.28. The Morgan fingerprint density at radius 2 is 1.72 bits per heavy atom. The number of sulfonamides is 1. The molecule has 0 spiro atoms. The molecule has 0 saturated carbocycles. The SMILES string of the molecule is Cc1ccc(S(=O)(=O)N2[C@H](C[N+](=O)[O-])CC[C@@H]2c2ccccc2)cc1. The number of benzene rings is 2. The van der Waals surface area contributed by atoms with Crippen LogP contribution in [0.25, 0.3) is 0 Å². The van der Waals surface area contributed by atoms with Crippen LogP contribution in [0.3, 0.4) is 0 Å². The van der Waals surface area contributed by atoms with E-state index < -0.39 is 21.0 Å². The molecule has 2 aromatic rings. The quantitative estimate of drug-likeness (QED) is 0.606. The van der Waals surface area contributed by atoms with Gasteiger partial charge in [-0.15, -0.1) is 0 Å². The van der Waals surface area contributed by atoms with Crippen molar-refractivity contribution in [1.82, 2.24) is 4.31 Å². The molecule has 0 aromatic heterocycles. The number of hydrogen-bond acceptors (Lipinski definition) is 4. The first-order chi connectivity index (χ1) is 11.9. The van der Waals surface area contributed by atoms with Gasteiger partial charge in [0.15, 0.2) is 0 Å². The van der Waals surface area contributed by atoms with E-state index in [1.807, 2.05) is 37.3 Å². The molecule has 3 rings (SSSR count). The standard InChI is InChI=1S/C18H20N2O4S/c1-14-7-10-17(11-8-14)25(23,24)20-16(13-19(21)22)9-12-18(20)15-5-3-2-4-6-15/h2-8,10-11,16,18H,9,12-13H2,1H3/t16-,18+/m0/s1. The second kappa shape index (κ2) is 6.93. The summed E-state index contributed by atoms with van der Waals surface area (Å²) in [7, 11) is -3.82. The molecule has 0 N–H and O–H groups in total. The fourth-order valence-electron chi connectivity index (χ4n) is 3.39. The Morgan fingerprint density at radius 1 is 1.08 bits per heavy atom. The van der Waals surface area contributed by atoms with Crippen LogP contribution in [0.1, 0.15) is 30.0 Å². The zero-order valence-electron chi connectivity index (χ0n) is 13.9. The predicted octanol–water partition coefficient (Wildman–Crippen LogP) is 3.17. The van der Waals surface area contributed by atoms with Crippen molar-refractivity contribution < 1.29 is 13.3 Å². The maximum Gasteiger partial charge on any atom is 0.244 e. The van der Waals surface area contributed by atoms with Crippen molar-refractivity contribution in [3.8, 4) is 0 Å². The second-order valence-electron chi connectivity index (χ2n) is 6.32. The van der Waals surface area contributed by atoms with Crippen LogP contribution in [0.15, 0.2) is 59.5 Å². The molecule has 6 nitrogen and oxygen atoms in total. The number of nitro groups is 1. The molecule has 1 fully saturated rings. The van der Waals surface area contributed by atoms with Gasteiger partial charge in [-0.25, -0.2) is 8.42 Å². The van der Waals surface area contributed by atoms with Crippen LogP contribution in [0.2, 0.25) is 0 Å². The summed E-state index contributed by atoms with van der Waals surface area (Å²) < 4.78 is 27.8. The van der Waals surface area contributed by atoms with Crippen molar-refractivity contribution in [3.05, 3.63) is 75.8 Å². The third-order valence-corrected chi connectivity index (χ3v) is 6.56. The van der Waals surface area contributed by atoms with Gasteiger partial charge in [0.25, 0.3) is 0 Å². The minimum absolute atomic E-state index is 0.175. The number of hydrogen-bond donors (Lipinski definition) is 0. The molecule has 2 atom stereocenters. The fraction of sp³-hybridized carbons (Fsp3) is 0.333. The van der Waals surface area contributed by atoms with E-state index in [9.17, 15) is 18.5 Å². The molecule has 0 unspecified atom stereocenters. The van der Waals surface area contributed by atoms with Crippen LogP contribution in [-0.2, 0) is 10.0 Å². The normalized spacial score (nSPS) is 21.3. The maximum absolute atomic E-state index is 13.2. The fourth-order valence-corrected chi connectivity index (χ4v) is 5.24. The van der Waals surface area contributed by atoms with Crippen molar-refractivity contribution in [2.24, 2.45) is 0 Å². The topological polar surface area (TPSA) is 80.5 Å². The summed E-state index contributed by atoms with van der Waals surface area (Å²) >= 11 is 0. The summed E-state index contributed by atoms with van der Waals surface area (Å²) in [6.07, 6.45) is 1.05. The van der Waals surface area contributed by atoms with E-state index in [-0.39, 0.29) is 17.5 Å². The van der Waals surface area contributed by atoms with Crippen LogP contribution >= 0.6 is 0 Å². The van der Waals surface area contributed by atoms with Gasteiger partial charge in [0.2, 0.25) is 16.6 Å². The molecule has 0 amide bonds. The molecule has 0 aliphatic carbocycles. The van der Waals surface area contributed by atoms with Crippen LogP contribution in [0.5, 0.6) is 0 Å². The first-order valence-corrected chi connectivity index (χ1v) is 9.60. The minimum atomic E-state index is -3.82. The lowest BCUT2D eigenvalue weighted by atomic mass is 10.1. The monoisotopic (exact) mass is 360 g/mol. The zero-order chi connectivity index (χ0) is 18.0. The average Bonchev–Trinajstić information content (AvgIpc) is 2.99. The van der Waals surface area contributed by atoms with Gasteiger partial charge < -0.3 is 0 Å². The molecular formula is C18H20N2O4S. The highest BCUT2D eigenvalue weighted by Crippen LogP contribution is 2.40. The predicted molar refractivity (Wildman–Crippen MR) is 94.3 cm³/mol. The lowest BCUT2D eigenvalue weighted by Crippen LogP contribution is -2.40. The molecule has 1 heterocycles. The molecule has 0 bridgehead atoms. The summed E-state index contributed by atoms with van der Waals surface area (Å²) in [5, 5.41) is 11.0. The van der Waals surface area contributed by atoms with E-state index in [1.54, 1.807) is 24.3 Å². The van der Waals surface area contributed by atoms with Gasteiger partial charge in [0.1, 0.15) is 0 Å². The summed E-state index contributed by atoms with van der Waals surface area (Å²) in [4.78, 5) is 10.8. The minimum Gasteiger partial charge on any atom is -0.264 e. The Bertz CT molecular complexity index is 850. The van der Waals surface area contributed by atoms with E-state index in [1.165, 1.54) is 4.31 Å². The van der Waals surface area contributed by atoms with Gasteiger partial charge in [-0.3, -0.25) is 10.1 Å². The smallest absolute Gasteiger partial charge is 0.244 e. The Kier molecular flexibility index (Phi) is 4.87. The van der Waals surface area contributed by atoms with Crippen LogP contribution in [0.4, 0.5) is 0 Å². The molecule has 25 heavy (non-hydrogen) atoms. The van der Waals surface area contributed by atoms with Crippen molar-refractivity contribution in [2.45, 2.75) is 36.7 Å². The molecule has 7 heteroatoms. The average molecular weight is 360 g/mol. The Hall–Kier alpha value is -2.25. The van der Waals surface area contributed by atoms with E-state index in [4.69, 9.17) is 0 Å². The van der Waals surface area contributed by atoms with Gasteiger partial charge in [-0.2, -0.15) is 4.31 Å². The van der Waals surface area contributed by atoms with Crippen molar-refractivity contribution in [2.75, 3.05) is 6.54 Å². The highest BCUT2D eigenvalue weighted by Gasteiger charge is 2.44. The molecule has 1 aliphatic rings. The Labute approximate surface area is 147 Å². The molecule has 1 aliphatic heterocycles. The summed E-state index contributed by atoms with van der Waals surface area (Å²) in [5.41, 5.74) is 1.82. The molecule has 132 valence electrons. The highest BCUT2D eigenvalue weighted by atomic mass is 32.2. The van der Waals surface area contributed by atoms with Gasteiger partial charge in [0, 0.05) is 4.92 Å². The number of nitrogens with zero attached hydrogens (tertiary/aromatic N) is 2. The molecular weight excluding hydrogens is 340 g/mol. The van der Waals surface area contributed by atoms with Gasteiger partial charge in [-0.1, -0.05) is 48.0 Å². The van der Waals surface area contributed by atoms with Crippen LogP contribution in [-0.4, -0.2) is 30.2 Å². The van der Waals surface area contributed by atoms with Crippen molar-refractivity contribution >= 4 is 10.0 Å². The summed E-state index contributed by atoms with van der Waals surface area (Å²) in [6, 6.07) is 14.9. The third-order valence-electron chi connectivity index (χ3n) is 4.58. The molecule has 0 radical (unpaired) electrons. The van der Waals surface area contributed by atoms with E-state index >= 15 is 0 Å². The zero-order valence-corrected chi connectivity index (χ0v) is 14.7. The largest absolute Gasteiger partial charge is 0.264 e. The highest BCUT2D eigenvalue weighted by molar-refractivity contribution is 7.89.